The number of benzene rings is 1. The molecule has 4 rings (SSSR count). The first-order valence-corrected chi connectivity index (χ1v) is 14.7. The van der Waals surface area contributed by atoms with E-state index in [9.17, 15) is 35.9 Å². The number of aromatic nitrogens is 1. The van der Waals surface area contributed by atoms with Gasteiger partial charge in [-0.3, -0.25) is 4.90 Å². The third-order valence-corrected chi connectivity index (χ3v) is 7.93. The van der Waals surface area contributed by atoms with Gasteiger partial charge in [0, 0.05) is 37.4 Å². The molecule has 248 valence electrons. The number of carbonyl (C=O) groups excluding carboxylic acids is 2. The predicted octanol–water partition coefficient (Wildman–Crippen LogP) is 7.74. The van der Waals surface area contributed by atoms with Gasteiger partial charge in [0.1, 0.15) is 17.5 Å². The number of rotatable bonds is 6. The van der Waals surface area contributed by atoms with Gasteiger partial charge in [-0.1, -0.05) is 11.6 Å². The van der Waals surface area contributed by atoms with E-state index in [4.69, 9.17) is 9.47 Å². The molecule has 0 radical (unpaired) electrons. The van der Waals surface area contributed by atoms with Crippen LogP contribution in [0.2, 0.25) is 0 Å². The van der Waals surface area contributed by atoms with Crippen molar-refractivity contribution < 1.29 is 45.4 Å². The molecule has 0 spiro atoms. The fourth-order valence-corrected chi connectivity index (χ4v) is 5.78. The van der Waals surface area contributed by atoms with Gasteiger partial charge < -0.3 is 19.3 Å². The topological polar surface area (TPSA) is 75.2 Å². The lowest BCUT2D eigenvalue weighted by Gasteiger charge is -2.40. The monoisotopic (exact) mass is 644 g/mol. The maximum Gasteiger partial charge on any atom is 0.417 e. The quantitative estimate of drug-likeness (QED) is 0.300. The third kappa shape index (κ3) is 7.93. The number of piperidine rings is 1. The maximum absolute atomic E-state index is 13.8. The van der Waals surface area contributed by atoms with Crippen LogP contribution < -0.4 is 4.90 Å². The minimum atomic E-state index is -4.70. The van der Waals surface area contributed by atoms with E-state index in [0.29, 0.717) is 38.0 Å². The first-order valence-electron chi connectivity index (χ1n) is 14.7. The molecule has 0 N–H and O–H groups in total. The van der Waals surface area contributed by atoms with Crippen LogP contribution in [0.15, 0.2) is 30.5 Å². The zero-order valence-corrected chi connectivity index (χ0v) is 26.1. The second-order valence-corrected chi connectivity index (χ2v) is 12.5. The first-order chi connectivity index (χ1) is 20.8. The molecule has 1 aromatic heterocycles. The molecule has 0 bridgehead atoms. The Morgan fingerprint density at radius 2 is 1.64 bits per heavy atom. The van der Waals surface area contributed by atoms with Gasteiger partial charge in [0.05, 0.1) is 23.7 Å². The molecule has 0 aliphatic carbocycles. The normalized spacial score (nSPS) is 20.0. The predicted molar refractivity (Wildman–Crippen MR) is 153 cm³/mol. The molecule has 0 saturated carbocycles. The van der Waals surface area contributed by atoms with Crippen LogP contribution in [0.4, 0.5) is 41.7 Å². The highest BCUT2D eigenvalue weighted by Crippen LogP contribution is 2.39. The summed E-state index contributed by atoms with van der Waals surface area (Å²) < 4.78 is 92.8. The van der Waals surface area contributed by atoms with Crippen molar-refractivity contribution in [3.05, 3.63) is 58.3 Å². The van der Waals surface area contributed by atoms with Crippen molar-refractivity contribution in [3.8, 4) is 0 Å². The number of ether oxygens (including phenoxy) is 2. The Balaban J connectivity index is 1.61. The van der Waals surface area contributed by atoms with Gasteiger partial charge >= 0.3 is 24.5 Å². The fourth-order valence-electron chi connectivity index (χ4n) is 5.78. The van der Waals surface area contributed by atoms with Gasteiger partial charge in [-0.05, 0) is 78.1 Å². The van der Waals surface area contributed by atoms with E-state index in [0.717, 1.165) is 24.4 Å². The highest BCUT2D eigenvalue weighted by atomic mass is 19.4. The number of alkyl halides is 6. The van der Waals surface area contributed by atoms with E-state index in [2.05, 4.69) is 4.98 Å². The van der Waals surface area contributed by atoms with E-state index < -0.39 is 53.4 Å². The van der Waals surface area contributed by atoms with E-state index in [1.54, 1.807) is 32.6 Å². The second kappa shape index (κ2) is 12.6. The highest BCUT2D eigenvalue weighted by Gasteiger charge is 2.42. The summed E-state index contributed by atoms with van der Waals surface area (Å²) in [4.78, 5) is 34.5. The number of halogens is 6. The van der Waals surface area contributed by atoms with E-state index >= 15 is 0 Å². The van der Waals surface area contributed by atoms with Crippen LogP contribution in [0.25, 0.3) is 0 Å². The summed E-state index contributed by atoms with van der Waals surface area (Å²) >= 11 is 0. The number of likely N-dealkylation sites (tertiary alicyclic amines) is 1. The standard InChI is InChI=1S/C31H38F6N4O4/c1-7-40(24-8-10-39(11-9-24)27(42)45-29(4,5)6)26-21(15-23(16-38-26)31(35,36)37)17-41-19(3)25(44-28(41)43)20-12-18(2)13-22(14-20)30(32,33)34/h12-16,19,24-25H,7-11,17H2,1-6H3/t19-,25-/m0/s1. The summed E-state index contributed by atoms with van der Waals surface area (Å²) in [5.41, 5.74) is -1.97. The summed E-state index contributed by atoms with van der Waals surface area (Å²) in [5.74, 6) is 0.250. The minimum absolute atomic E-state index is 0.117. The molecule has 2 aliphatic heterocycles. The number of anilines is 1. The van der Waals surface area contributed by atoms with Crippen LogP contribution in [0, 0.1) is 6.92 Å². The summed E-state index contributed by atoms with van der Waals surface area (Å²) in [6, 6.07) is 3.39. The smallest absolute Gasteiger partial charge is 0.417 e. The molecule has 1 aromatic carbocycles. The number of hydrogen-bond donors (Lipinski definition) is 0. The molecule has 2 saturated heterocycles. The Labute approximate surface area is 258 Å². The van der Waals surface area contributed by atoms with Gasteiger partial charge in [-0.25, -0.2) is 14.6 Å². The molecule has 2 aliphatic rings. The highest BCUT2D eigenvalue weighted by molar-refractivity contribution is 5.71. The van der Waals surface area contributed by atoms with Gasteiger partial charge in [0.2, 0.25) is 0 Å². The van der Waals surface area contributed by atoms with E-state index in [-0.39, 0.29) is 29.5 Å². The summed E-state index contributed by atoms with van der Waals surface area (Å²) in [5, 5.41) is 0. The number of aryl methyl sites for hydroxylation is 1. The molecule has 2 atom stereocenters. The molecular weight excluding hydrogens is 606 g/mol. The lowest BCUT2D eigenvalue weighted by atomic mass is 9.98. The Morgan fingerprint density at radius 3 is 2.20 bits per heavy atom. The Morgan fingerprint density at radius 1 is 1.02 bits per heavy atom. The lowest BCUT2D eigenvalue weighted by molar-refractivity contribution is -0.138. The fraction of sp³-hybridized carbons (Fsp3) is 0.581. The molecule has 14 heteroatoms. The largest absolute Gasteiger partial charge is 0.444 e. The zero-order valence-electron chi connectivity index (χ0n) is 26.1. The van der Waals surface area contributed by atoms with Crippen molar-refractivity contribution in [2.75, 3.05) is 24.5 Å². The van der Waals surface area contributed by atoms with Crippen LogP contribution in [0.3, 0.4) is 0 Å². The number of nitrogens with zero attached hydrogens (tertiary/aromatic N) is 4. The van der Waals surface area contributed by atoms with Crippen molar-refractivity contribution in [2.45, 2.75) is 97.1 Å². The van der Waals surface area contributed by atoms with Gasteiger partial charge in [-0.15, -0.1) is 0 Å². The van der Waals surface area contributed by atoms with E-state index in [1.807, 2.05) is 11.8 Å². The molecule has 2 amide bonds. The van der Waals surface area contributed by atoms with Crippen molar-refractivity contribution in [1.29, 1.82) is 0 Å². The average molecular weight is 645 g/mol. The molecule has 8 nitrogen and oxygen atoms in total. The first kappa shape index (κ1) is 34.2. The van der Waals surface area contributed by atoms with Crippen LogP contribution in [-0.4, -0.2) is 64.3 Å². The maximum atomic E-state index is 13.8. The van der Waals surface area contributed by atoms with Crippen molar-refractivity contribution >= 4 is 18.0 Å². The molecule has 2 fully saturated rings. The number of hydrogen-bond acceptors (Lipinski definition) is 6. The molecule has 2 aromatic rings. The Bertz CT molecular complexity index is 1400. The van der Waals surface area contributed by atoms with Gasteiger partial charge in [0.15, 0.2) is 0 Å². The summed E-state index contributed by atoms with van der Waals surface area (Å²) in [7, 11) is 0. The lowest BCUT2D eigenvalue weighted by Crippen LogP contribution is -2.48. The molecule has 3 heterocycles. The second-order valence-electron chi connectivity index (χ2n) is 12.5. The van der Waals surface area contributed by atoms with Crippen LogP contribution >= 0.6 is 0 Å². The summed E-state index contributed by atoms with van der Waals surface area (Å²) in [6.45, 7) is 11.0. The minimum Gasteiger partial charge on any atom is -0.444 e. The van der Waals surface area contributed by atoms with Gasteiger partial charge in [0.25, 0.3) is 0 Å². The van der Waals surface area contributed by atoms with Crippen LogP contribution in [-0.2, 0) is 28.4 Å². The Hall–Kier alpha value is -3.71. The molecular formula is C31H38F6N4O4. The zero-order chi connectivity index (χ0) is 33.5. The third-order valence-electron chi connectivity index (χ3n) is 7.93. The van der Waals surface area contributed by atoms with E-state index in [1.165, 1.54) is 17.9 Å². The van der Waals surface area contributed by atoms with Crippen molar-refractivity contribution in [2.24, 2.45) is 0 Å². The van der Waals surface area contributed by atoms with Crippen molar-refractivity contribution in [3.63, 3.8) is 0 Å². The molecule has 45 heavy (non-hydrogen) atoms. The molecule has 0 unspecified atom stereocenters. The summed E-state index contributed by atoms with van der Waals surface area (Å²) in [6.07, 6.45) is -9.92. The van der Waals surface area contributed by atoms with Crippen LogP contribution in [0.1, 0.15) is 81.4 Å². The number of amides is 2. The van der Waals surface area contributed by atoms with Crippen LogP contribution in [0.5, 0.6) is 0 Å². The number of pyridine rings is 1. The average Bonchev–Trinajstić information content (AvgIpc) is 3.20. The Kier molecular flexibility index (Phi) is 9.56. The van der Waals surface area contributed by atoms with Crippen molar-refractivity contribution in [1.82, 2.24) is 14.8 Å². The van der Waals surface area contributed by atoms with Gasteiger partial charge in [-0.2, -0.15) is 26.3 Å². The number of carbonyl (C=O) groups is 2. The number of cyclic esters (lactones) is 1. The SMILES string of the molecule is CCN(c1ncc(C(F)(F)F)cc1CN1C(=O)O[C@H](c2cc(C)cc(C(F)(F)F)c2)[C@@H]1C)C1CCN(C(=O)OC(C)(C)C)CC1.